The van der Waals surface area contributed by atoms with Crippen LogP contribution in [0.4, 0.5) is 5.13 Å². The highest BCUT2D eigenvalue weighted by atomic mass is 35.5. The number of amides is 1. The summed E-state index contributed by atoms with van der Waals surface area (Å²) in [6.45, 7) is -0.0423. The molecule has 130 valence electrons. The van der Waals surface area contributed by atoms with E-state index in [1.54, 1.807) is 0 Å². The minimum absolute atomic E-state index is 0. The number of aryl methyl sites for hydroxylation is 2. The topological polar surface area (TPSA) is 80.9 Å². The monoisotopic (exact) mass is 374 g/mol. The van der Waals surface area contributed by atoms with Gasteiger partial charge in [-0.2, -0.15) is 0 Å². The third-order valence-electron chi connectivity index (χ3n) is 3.61. The number of benzene rings is 1. The lowest BCUT2D eigenvalue weighted by molar-refractivity contribution is -0.114. The summed E-state index contributed by atoms with van der Waals surface area (Å²) in [5.41, 5.74) is 9.74. The predicted molar refractivity (Wildman–Crippen MR) is 104 cm³/mol. The van der Waals surface area contributed by atoms with Crippen LogP contribution in [0.5, 0.6) is 0 Å². The summed E-state index contributed by atoms with van der Waals surface area (Å²) in [6, 6.07) is 12.4. The van der Waals surface area contributed by atoms with Crippen LogP contribution in [0.2, 0.25) is 0 Å². The number of pyridine rings is 1. The Bertz CT molecular complexity index is 823. The van der Waals surface area contributed by atoms with Crippen molar-refractivity contribution in [2.24, 2.45) is 5.73 Å². The van der Waals surface area contributed by atoms with E-state index in [2.05, 4.69) is 27.4 Å². The Morgan fingerprint density at radius 3 is 2.64 bits per heavy atom. The van der Waals surface area contributed by atoms with Crippen molar-refractivity contribution in [3.05, 3.63) is 65.3 Å². The quantitative estimate of drug-likeness (QED) is 0.693. The number of nitrogens with two attached hydrogens (primary N) is 1. The SMILES string of the molecule is Cl.NCC(=O)Nc1nc(-c2cccc(CCc3ccncc3)c2)cs1. The summed E-state index contributed by atoms with van der Waals surface area (Å²) in [4.78, 5) is 19.8. The summed E-state index contributed by atoms with van der Waals surface area (Å²) in [6.07, 6.45) is 5.57. The molecule has 0 spiro atoms. The van der Waals surface area contributed by atoms with E-state index < -0.39 is 0 Å². The molecule has 0 aliphatic carbocycles. The smallest absolute Gasteiger partial charge is 0.239 e. The normalized spacial score (nSPS) is 10.1. The summed E-state index contributed by atoms with van der Waals surface area (Å²) >= 11 is 1.40. The number of halogens is 1. The fraction of sp³-hybridized carbons (Fsp3) is 0.167. The fourth-order valence-electron chi connectivity index (χ4n) is 2.36. The second-order valence-electron chi connectivity index (χ2n) is 5.35. The van der Waals surface area contributed by atoms with Gasteiger partial charge >= 0.3 is 0 Å². The van der Waals surface area contributed by atoms with Crippen LogP contribution in [-0.4, -0.2) is 22.4 Å². The Hall–Kier alpha value is -2.28. The molecule has 3 N–H and O–H groups in total. The van der Waals surface area contributed by atoms with Gasteiger partial charge in [0, 0.05) is 23.3 Å². The van der Waals surface area contributed by atoms with Gasteiger partial charge in [0.1, 0.15) is 0 Å². The standard InChI is InChI=1S/C18H18N4OS.ClH/c19-11-17(23)22-18-21-16(12-24-18)15-3-1-2-14(10-15)5-4-13-6-8-20-9-7-13;/h1-3,6-10,12H,4-5,11,19H2,(H,21,22,23);1H. The third kappa shape index (κ3) is 5.35. The number of hydrogen-bond acceptors (Lipinski definition) is 5. The van der Waals surface area contributed by atoms with E-state index in [1.165, 1.54) is 22.5 Å². The number of hydrogen-bond donors (Lipinski definition) is 2. The van der Waals surface area contributed by atoms with Crippen molar-refractivity contribution in [1.29, 1.82) is 0 Å². The maximum absolute atomic E-state index is 11.3. The molecule has 7 heteroatoms. The van der Waals surface area contributed by atoms with Crippen molar-refractivity contribution >= 4 is 34.8 Å². The van der Waals surface area contributed by atoms with Crippen LogP contribution >= 0.6 is 23.7 Å². The Kier molecular flexibility index (Phi) is 7.06. The molecule has 25 heavy (non-hydrogen) atoms. The van der Waals surface area contributed by atoms with Gasteiger partial charge in [0.05, 0.1) is 12.2 Å². The molecule has 0 aliphatic rings. The van der Waals surface area contributed by atoms with Crippen molar-refractivity contribution in [2.75, 3.05) is 11.9 Å². The van der Waals surface area contributed by atoms with E-state index in [-0.39, 0.29) is 24.9 Å². The van der Waals surface area contributed by atoms with Gasteiger partial charge in [0.25, 0.3) is 0 Å². The molecule has 0 bridgehead atoms. The first-order valence-electron chi connectivity index (χ1n) is 7.68. The molecule has 0 unspecified atom stereocenters. The van der Waals surface area contributed by atoms with Gasteiger partial charge in [-0.1, -0.05) is 18.2 Å². The zero-order valence-electron chi connectivity index (χ0n) is 13.5. The molecule has 0 saturated heterocycles. The minimum atomic E-state index is -0.234. The number of nitrogens with zero attached hydrogens (tertiary/aromatic N) is 2. The Morgan fingerprint density at radius 1 is 1.12 bits per heavy atom. The van der Waals surface area contributed by atoms with Crippen molar-refractivity contribution in [1.82, 2.24) is 9.97 Å². The van der Waals surface area contributed by atoms with Crippen LogP contribution in [0.15, 0.2) is 54.2 Å². The Labute approximate surface area is 156 Å². The Balaban J connectivity index is 0.00000225. The van der Waals surface area contributed by atoms with Gasteiger partial charge in [-0.25, -0.2) is 4.98 Å². The number of nitrogens with one attached hydrogen (secondary N) is 1. The first-order chi connectivity index (χ1) is 11.7. The van der Waals surface area contributed by atoms with E-state index >= 15 is 0 Å². The zero-order chi connectivity index (χ0) is 16.8. The maximum atomic E-state index is 11.3. The number of carbonyl (C=O) groups is 1. The molecular weight excluding hydrogens is 356 g/mol. The molecule has 5 nitrogen and oxygen atoms in total. The molecule has 2 heterocycles. The zero-order valence-corrected chi connectivity index (χ0v) is 15.1. The first-order valence-corrected chi connectivity index (χ1v) is 8.56. The fourth-order valence-corrected chi connectivity index (χ4v) is 3.09. The molecule has 1 amide bonds. The van der Waals surface area contributed by atoms with Gasteiger partial charge in [-0.3, -0.25) is 9.78 Å². The van der Waals surface area contributed by atoms with E-state index in [0.29, 0.717) is 5.13 Å². The molecule has 0 fully saturated rings. The average Bonchev–Trinajstić information content (AvgIpc) is 3.09. The number of carbonyl (C=O) groups excluding carboxylic acids is 1. The summed E-state index contributed by atoms with van der Waals surface area (Å²) in [5.74, 6) is -0.234. The number of aromatic nitrogens is 2. The van der Waals surface area contributed by atoms with Gasteiger partial charge < -0.3 is 11.1 Å². The van der Waals surface area contributed by atoms with Crippen molar-refractivity contribution < 1.29 is 4.79 Å². The van der Waals surface area contributed by atoms with E-state index in [1.807, 2.05) is 42.0 Å². The first kappa shape index (κ1) is 19.1. The van der Waals surface area contributed by atoms with E-state index in [0.717, 1.165) is 24.1 Å². The Morgan fingerprint density at radius 2 is 1.88 bits per heavy atom. The maximum Gasteiger partial charge on any atom is 0.239 e. The highest BCUT2D eigenvalue weighted by Crippen LogP contribution is 2.25. The van der Waals surface area contributed by atoms with Gasteiger partial charge in [0.15, 0.2) is 5.13 Å². The number of rotatable bonds is 6. The molecule has 0 radical (unpaired) electrons. The van der Waals surface area contributed by atoms with Gasteiger partial charge in [-0.15, -0.1) is 23.7 Å². The van der Waals surface area contributed by atoms with Gasteiger partial charge in [0.2, 0.25) is 5.91 Å². The van der Waals surface area contributed by atoms with Crippen LogP contribution in [0, 0.1) is 0 Å². The summed E-state index contributed by atoms with van der Waals surface area (Å²) in [7, 11) is 0. The molecule has 3 rings (SSSR count). The average molecular weight is 375 g/mol. The largest absolute Gasteiger partial charge is 0.322 e. The highest BCUT2D eigenvalue weighted by Gasteiger charge is 2.07. The lowest BCUT2D eigenvalue weighted by atomic mass is 10.0. The van der Waals surface area contributed by atoms with Gasteiger partial charge in [-0.05, 0) is 42.2 Å². The lowest BCUT2D eigenvalue weighted by Gasteiger charge is -2.04. The third-order valence-corrected chi connectivity index (χ3v) is 4.37. The molecule has 2 aromatic heterocycles. The minimum Gasteiger partial charge on any atom is -0.322 e. The van der Waals surface area contributed by atoms with Crippen LogP contribution in [-0.2, 0) is 17.6 Å². The van der Waals surface area contributed by atoms with E-state index in [9.17, 15) is 4.79 Å². The van der Waals surface area contributed by atoms with Crippen LogP contribution in [0.3, 0.4) is 0 Å². The molecule has 0 atom stereocenters. The summed E-state index contributed by atoms with van der Waals surface area (Å²) < 4.78 is 0. The molecule has 0 aliphatic heterocycles. The second kappa shape index (κ2) is 9.27. The molecule has 3 aromatic rings. The molecule has 0 saturated carbocycles. The molecule has 1 aromatic carbocycles. The molecular formula is C18H19ClN4OS. The second-order valence-corrected chi connectivity index (χ2v) is 6.20. The van der Waals surface area contributed by atoms with Crippen LogP contribution < -0.4 is 11.1 Å². The van der Waals surface area contributed by atoms with E-state index in [4.69, 9.17) is 5.73 Å². The van der Waals surface area contributed by atoms with Crippen molar-refractivity contribution in [2.45, 2.75) is 12.8 Å². The van der Waals surface area contributed by atoms with Crippen LogP contribution in [0.25, 0.3) is 11.3 Å². The van der Waals surface area contributed by atoms with Crippen molar-refractivity contribution in [3.8, 4) is 11.3 Å². The van der Waals surface area contributed by atoms with Crippen molar-refractivity contribution in [3.63, 3.8) is 0 Å². The number of anilines is 1. The predicted octanol–water partition coefficient (Wildman–Crippen LogP) is 3.31. The highest BCUT2D eigenvalue weighted by molar-refractivity contribution is 7.14. The number of thiazole rings is 1. The summed E-state index contributed by atoms with van der Waals surface area (Å²) in [5, 5.41) is 5.19. The lowest BCUT2D eigenvalue weighted by Crippen LogP contribution is -2.21. The van der Waals surface area contributed by atoms with Crippen LogP contribution in [0.1, 0.15) is 11.1 Å².